The number of hydrogen-bond donors (Lipinski definition) is 1. The van der Waals surface area contributed by atoms with Crippen molar-refractivity contribution < 1.29 is 19.1 Å². The Kier molecular flexibility index (Phi) is 4.92. The zero-order valence-corrected chi connectivity index (χ0v) is 15.3. The number of anilines is 1. The summed E-state index contributed by atoms with van der Waals surface area (Å²) in [6.45, 7) is 3.43. The third-order valence-electron chi connectivity index (χ3n) is 4.64. The fourth-order valence-corrected chi connectivity index (χ4v) is 4.63. The SMILES string of the molecule is C[C@@H](OC(=O)[C@@H]1CS[C@@]2(C)CCC(=O)N12)C(=O)Nc1cccc(C#N)c1. The Labute approximate surface area is 155 Å². The fourth-order valence-electron chi connectivity index (χ4n) is 3.21. The third-order valence-corrected chi connectivity index (χ3v) is 6.14. The molecule has 1 N–H and O–H groups in total. The molecule has 2 saturated heterocycles. The lowest BCUT2D eigenvalue weighted by Crippen LogP contribution is -2.48. The van der Waals surface area contributed by atoms with Gasteiger partial charge >= 0.3 is 5.97 Å². The summed E-state index contributed by atoms with van der Waals surface area (Å²) >= 11 is 1.57. The summed E-state index contributed by atoms with van der Waals surface area (Å²) in [5, 5.41) is 11.5. The first-order chi connectivity index (χ1) is 12.3. The van der Waals surface area contributed by atoms with Crippen LogP contribution in [-0.2, 0) is 19.1 Å². The average Bonchev–Trinajstić information content (AvgIpc) is 3.11. The van der Waals surface area contributed by atoms with Crippen LogP contribution in [0.15, 0.2) is 24.3 Å². The number of benzene rings is 1. The van der Waals surface area contributed by atoms with Crippen molar-refractivity contribution in [1.82, 2.24) is 4.90 Å². The number of carbonyl (C=O) groups is 3. The maximum absolute atomic E-state index is 12.5. The van der Waals surface area contributed by atoms with E-state index in [0.717, 1.165) is 0 Å². The zero-order valence-electron chi connectivity index (χ0n) is 14.5. The van der Waals surface area contributed by atoms with Crippen LogP contribution in [0.2, 0.25) is 0 Å². The summed E-state index contributed by atoms with van der Waals surface area (Å²) in [6.07, 6.45) is 0.132. The van der Waals surface area contributed by atoms with Gasteiger partial charge in [0.1, 0.15) is 6.04 Å². The second-order valence-electron chi connectivity index (χ2n) is 6.53. The third kappa shape index (κ3) is 3.40. The molecule has 2 aliphatic rings. The molecule has 2 heterocycles. The fraction of sp³-hybridized carbons (Fsp3) is 0.444. The van der Waals surface area contributed by atoms with Gasteiger partial charge in [0.05, 0.1) is 16.5 Å². The highest BCUT2D eigenvalue weighted by atomic mass is 32.2. The highest BCUT2D eigenvalue weighted by molar-refractivity contribution is 8.01. The lowest BCUT2D eigenvalue weighted by molar-refractivity contribution is -0.160. The van der Waals surface area contributed by atoms with Crippen molar-refractivity contribution in [3.63, 3.8) is 0 Å². The van der Waals surface area contributed by atoms with E-state index in [4.69, 9.17) is 10.00 Å². The van der Waals surface area contributed by atoms with Crippen molar-refractivity contribution in [2.45, 2.75) is 43.7 Å². The predicted molar refractivity (Wildman–Crippen MR) is 96.1 cm³/mol. The molecule has 0 aromatic heterocycles. The Morgan fingerprint density at radius 2 is 2.27 bits per heavy atom. The van der Waals surface area contributed by atoms with Crippen LogP contribution in [0, 0.1) is 11.3 Å². The summed E-state index contributed by atoms with van der Waals surface area (Å²) in [4.78, 5) is 38.1. The average molecular weight is 373 g/mol. The minimum atomic E-state index is -1.01. The highest BCUT2D eigenvalue weighted by Crippen LogP contribution is 2.47. The molecule has 136 valence electrons. The van der Waals surface area contributed by atoms with E-state index in [1.165, 1.54) is 13.0 Å². The highest BCUT2D eigenvalue weighted by Gasteiger charge is 2.53. The molecule has 0 spiro atoms. The molecule has 0 radical (unpaired) electrons. The number of thioether (sulfide) groups is 1. The predicted octanol–water partition coefficient (Wildman–Crippen LogP) is 1.88. The molecule has 1 aromatic rings. The first kappa shape index (κ1) is 18.3. The maximum atomic E-state index is 12.5. The van der Waals surface area contributed by atoms with E-state index in [1.54, 1.807) is 34.9 Å². The Hall–Kier alpha value is -2.53. The maximum Gasteiger partial charge on any atom is 0.330 e. The molecule has 0 aliphatic carbocycles. The summed E-state index contributed by atoms with van der Waals surface area (Å²) in [6, 6.07) is 7.80. The van der Waals surface area contributed by atoms with E-state index in [2.05, 4.69) is 5.32 Å². The van der Waals surface area contributed by atoms with Gasteiger partial charge in [-0.1, -0.05) is 6.07 Å². The summed E-state index contributed by atoms with van der Waals surface area (Å²) < 4.78 is 5.30. The van der Waals surface area contributed by atoms with Crippen molar-refractivity contribution in [3.8, 4) is 6.07 Å². The van der Waals surface area contributed by atoms with Crippen LogP contribution in [0.4, 0.5) is 5.69 Å². The molecule has 2 aliphatic heterocycles. The first-order valence-electron chi connectivity index (χ1n) is 8.32. The number of carbonyl (C=O) groups excluding carboxylic acids is 3. The number of fused-ring (bicyclic) bond motifs is 1. The molecular weight excluding hydrogens is 354 g/mol. The number of nitrogens with one attached hydrogen (secondary N) is 1. The smallest absolute Gasteiger partial charge is 0.330 e. The van der Waals surface area contributed by atoms with Gasteiger partial charge in [0.15, 0.2) is 6.10 Å². The van der Waals surface area contributed by atoms with Gasteiger partial charge in [0.25, 0.3) is 5.91 Å². The largest absolute Gasteiger partial charge is 0.451 e. The van der Waals surface area contributed by atoms with Gasteiger partial charge < -0.3 is 15.0 Å². The molecule has 8 heteroatoms. The Bertz CT molecular complexity index is 806. The van der Waals surface area contributed by atoms with Crippen molar-refractivity contribution in [2.75, 3.05) is 11.1 Å². The van der Waals surface area contributed by atoms with E-state index >= 15 is 0 Å². The summed E-state index contributed by atoms with van der Waals surface area (Å²) in [5.41, 5.74) is 0.873. The van der Waals surface area contributed by atoms with E-state index < -0.39 is 24.0 Å². The normalized spacial score (nSPS) is 25.3. The van der Waals surface area contributed by atoms with Crippen LogP contribution in [-0.4, -0.2) is 45.5 Å². The number of nitriles is 1. The van der Waals surface area contributed by atoms with E-state index in [1.807, 2.05) is 13.0 Å². The number of esters is 1. The van der Waals surface area contributed by atoms with E-state index in [0.29, 0.717) is 29.8 Å². The minimum absolute atomic E-state index is 0.0510. The molecule has 26 heavy (non-hydrogen) atoms. The van der Waals surface area contributed by atoms with Crippen LogP contribution in [0.25, 0.3) is 0 Å². The summed E-state index contributed by atoms with van der Waals surface area (Å²) in [5.74, 6) is -0.635. The second-order valence-corrected chi connectivity index (χ2v) is 8.03. The standard InChI is InChI=1S/C18H19N3O4S/c1-11(16(23)20-13-5-3-4-12(8-13)9-19)25-17(24)14-10-26-18(2)7-6-15(22)21(14)18/h3-5,8,11,14H,6-7,10H2,1-2H3,(H,20,23)/t11-,14+,18+/m1/s1. The van der Waals surface area contributed by atoms with Gasteiger partial charge in [-0.2, -0.15) is 5.26 Å². The molecule has 2 fully saturated rings. The van der Waals surface area contributed by atoms with Gasteiger partial charge in [-0.15, -0.1) is 11.8 Å². The molecule has 3 atom stereocenters. The van der Waals surface area contributed by atoms with Crippen molar-refractivity contribution >= 4 is 35.2 Å². The van der Waals surface area contributed by atoms with Gasteiger partial charge in [-0.25, -0.2) is 4.79 Å². The van der Waals surface area contributed by atoms with Crippen molar-refractivity contribution in [1.29, 1.82) is 5.26 Å². The number of rotatable bonds is 4. The molecule has 0 unspecified atom stereocenters. The molecule has 1 aromatic carbocycles. The Balaban J connectivity index is 1.61. The van der Waals surface area contributed by atoms with Crippen LogP contribution in [0.3, 0.4) is 0 Å². The molecular formula is C18H19N3O4S. The Morgan fingerprint density at radius 1 is 1.50 bits per heavy atom. The lowest BCUT2D eigenvalue weighted by atomic mass is 10.2. The van der Waals surface area contributed by atoms with Gasteiger partial charge in [0.2, 0.25) is 5.91 Å². The Morgan fingerprint density at radius 3 is 3.00 bits per heavy atom. The minimum Gasteiger partial charge on any atom is -0.451 e. The lowest BCUT2D eigenvalue weighted by Gasteiger charge is -2.29. The van der Waals surface area contributed by atoms with Crippen molar-refractivity contribution in [3.05, 3.63) is 29.8 Å². The second kappa shape index (κ2) is 7.00. The van der Waals surface area contributed by atoms with Gasteiger partial charge in [-0.3, -0.25) is 9.59 Å². The van der Waals surface area contributed by atoms with Gasteiger partial charge in [0, 0.05) is 17.9 Å². The number of nitrogens with zero attached hydrogens (tertiary/aromatic N) is 2. The molecule has 2 amide bonds. The quantitative estimate of drug-likeness (QED) is 0.809. The zero-order chi connectivity index (χ0) is 18.9. The monoisotopic (exact) mass is 373 g/mol. The number of amides is 2. The molecule has 0 saturated carbocycles. The van der Waals surface area contributed by atoms with Crippen LogP contribution < -0.4 is 5.32 Å². The van der Waals surface area contributed by atoms with Crippen LogP contribution in [0.5, 0.6) is 0 Å². The van der Waals surface area contributed by atoms with E-state index in [9.17, 15) is 14.4 Å². The first-order valence-corrected chi connectivity index (χ1v) is 9.30. The van der Waals surface area contributed by atoms with Crippen molar-refractivity contribution in [2.24, 2.45) is 0 Å². The number of ether oxygens (including phenoxy) is 1. The molecule has 3 rings (SSSR count). The number of hydrogen-bond acceptors (Lipinski definition) is 6. The van der Waals surface area contributed by atoms with Gasteiger partial charge in [-0.05, 0) is 38.5 Å². The molecule has 0 bridgehead atoms. The topological polar surface area (TPSA) is 99.5 Å². The molecule has 7 nitrogen and oxygen atoms in total. The summed E-state index contributed by atoms with van der Waals surface area (Å²) in [7, 11) is 0. The van der Waals surface area contributed by atoms with E-state index in [-0.39, 0.29) is 10.8 Å². The van der Waals surface area contributed by atoms with Crippen LogP contribution >= 0.6 is 11.8 Å². The van der Waals surface area contributed by atoms with Crippen LogP contribution in [0.1, 0.15) is 32.3 Å².